The Morgan fingerprint density at radius 1 is 0.929 bits per heavy atom. The molecular formula is C25H28ClNO. The van der Waals surface area contributed by atoms with Gasteiger partial charge in [0.1, 0.15) is 0 Å². The standard InChI is InChI=1S/C25H28ClNO/c26-21-11-6-8-19(16-21)17-27-18-24(25(28)14-4-1-5-15-25)23-13-7-10-20-9-2-3-12-22(20)23/h2-3,6-13,16,24,27-28H,1,4-5,14-15,17-18H2. The fourth-order valence-electron chi connectivity index (χ4n) is 4.66. The van der Waals surface area contributed by atoms with Crippen molar-refractivity contribution in [3.05, 3.63) is 82.9 Å². The number of rotatable bonds is 6. The minimum Gasteiger partial charge on any atom is -0.389 e. The van der Waals surface area contributed by atoms with Gasteiger partial charge in [-0.05, 0) is 46.9 Å². The molecule has 1 aliphatic carbocycles. The van der Waals surface area contributed by atoms with E-state index in [0.717, 1.165) is 43.8 Å². The van der Waals surface area contributed by atoms with Gasteiger partial charge in [0, 0.05) is 24.0 Å². The lowest BCUT2D eigenvalue weighted by Crippen LogP contribution is -2.43. The van der Waals surface area contributed by atoms with E-state index in [2.05, 4.69) is 53.8 Å². The molecule has 0 amide bonds. The summed E-state index contributed by atoms with van der Waals surface area (Å²) >= 11 is 6.12. The van der Waals surface area contributed by atoms with Gasteiger partial charge in [-0.15, -0.1) is 0 Å². The number of hydrogen-bond donors (Lipinski definition) is 2. The van der Waals surface area contributed by atoms with Crippen LogP contribution in [0.1, 0.15) is 49.1 Å². The molecule has 0 spiro atoms. The second-order valence-electron chi connectivity index (χ2n) is 8.05. The highest BCUT2D eigenvalue weighted by Crippen LogP contribution is 2.41. The smallest absolute Gasteiger partial charge is 0.0728 e. The average Bonchev–Trinajstić information content (AvgIpc) is 2.71. The normalized spacial score (nSPS) is 17.5. The zero-order chi connectivity index (χ0) is 19.4. The average molecular weight is 394 g/mol. The second-order valence-corrected chi connectivity index (χ2v) is 8.48. The Morgan fingerprint density at radius 2 is 1.68 bits per heavy atom. The van der Waals surface area contributed by atoms with Crippen molar-refractivity contribution in [1.82, 2.24) is 5.32 Å². The van der Waals surface area contributed by atoms with Crippen molar-refractivity contribution >= 4 is 22.4 Å². The van der Waals surface area contributed by atoms with Crippen LogP contribution in [0.25, 0.3) is 10.8 Å². The summed E-state index contributed by atoms with van der Waals surface area (Å²) < 4.78 is 0. The number of benzene rings is 3. The molecule has 2 nitrogen and oxygen atoms in total. The molecule has 3 aromatic carbocycles. The highest BCUT2D eigenvalue weighted by molar-refractivity contribution is 6.30. The third kappa shape index (κ3) is 4.25. The van der Waals surface area contributed by atoms with Crippen LogP contribution in [0.3, 0.4) is 0 Å². The van der Waals surface area contributed by atoms with Gasteiger partial charge >= 0.3 is 0 Å². The topological polar surface area (TPSA) is 32.3 Å². The first-order chi connectivity index (χ1) is 13.7. The van der Waals surface area contributed by atoms with Crippen LogP contribution >= 0.6 is 11.6 Å². The highest BCUT2D eigenvalue weighted by atomic mass is 35.5. The van der Waals surface area contributed by atoms with E-state index >= 15 is 0 Å². The van der Waals surface area contributed by atoms with Crippen molar-refractivity contribution in [1.29, 1.82) is 0 Å². The Balaban J connectivity index is 1.62. The lowest BCUT2D eigenvalue weighted by Gasteiger charge is -2.40. The molecular weight excluding hydrogens is 366 g/mol. The molecule has 2 N–H and O–H groups in total. The van der Waals surface area contributed by atoms with Gasteiger partial charge < -0.3 is 10.4 Å². The summed E-state index contributed by atoms with van der Waals surface area (Å²) in [5, 5.41) is 18.5. The molecule has 0 aromatic heterocycles. The zero-order valence-corrected chi connectivity index (χ0v) is 17.0. The quantitative estimate of drug-likeness (QED) is 0.533. The van der Waals surface area contributed by atoms with Crippen molar-refractivity contribution in [2.24, 2.45) is 0 Å². The predicted octanol–water partition coefficient (Wildman–Crippen LogP) is 6.06. The van der Waals surface area contributed by atoms with E-state index < -0.39 is 5.60 Å². The first-order valence-electron chi connectivity index (χ1n) is 10.3. The maximum atomic E-state index is 11.6. The SMILES string of the molecule is OC1(C(CNCc2cccc(Cl)c2)c2cccc3ccccc23)CCCCC1. The van der Waals surface area contributed by atoms with Gasteiger partial charge in [0.25, 0.3) is 0 Å². The Labute approximate surface area is 172 Å². The van der Waals surface area contributed by atoms with E-state index in [0.29, 0.717) is 0 Å². The Hall–Kier alpha value is -1.87. The summed E-state index contributed by atoms with van der Waals surface area (Å²) in [4.78, 5) is 0. The van der Waals surface area contributed by atoms with Crippen molar-refractivity contribution in [3.8, 4) is 0 Å². The van der Waals surface area contributed by atoms with Gasteiger partial charge in [-0.2, -0.15) is 0 Å². The van der Waals surface area contributed by atoms with Crippen LogP contribution in [-0.2, 0) is 6.54 Å². The van der Waals surface area contributed by atoms with E-state index in [1.165, 1.54) is 28.3 Å². The molecule has 4 rings (SSSR count). The fraction of sp³-hybridized carbons (Fsp3) is 0.360. The van der Waals surface area contributed by atoms with Crippen LogP contribution in [0.5, 0.6) is 0 Å². The summed E-state index contributed by atoms with van der Waals surface area (Å²) in [6.07, 6.45) is 5.18. The summed E-state index contributed by atoms with van der Waals surface area (Å²) in [6, 6.07) is 22.9. The highest BCUT2D eigenvalue weighted by Gasteiger charge is 2.39. The Morgan fingerprint density at radius 3 is 2.50 bits per heavy atom. The summed E-state index contributed by atoms with van der Waals surface area (Å²) in [5.74, 6) is 0.0677. The van der Waals surface area contributed by atoms with Crippen molar-refractivity contribution < 1.29 is 5.11 Å². The minimum atomic E-state index is -0.649. The Kier molecular flexibility index (Phi) is 6.01. The largest absolute Gasteiger partial charge is 0.389 e. The molecule has 1 saturated carbocycles. The number of fused-ring (bicyclic) bond motifs is 1. The van der Waals surface area contributed by atoms with E-state index in [-0.39, 0.29) is 5.92 Å². The third-order valence-electron chi connectivity index (χ3n) is 6.13. The number of hydrogen-bond acceptors (Lipinski definition) is 2. The van der Waals surface area contributed by atoms with E-state index in [9.17, 15) is 5.11 Å². The lowest BCUT2D eigenvalue weighted by atomic mass is 9.72. The van der Waals surface area contributed by atoms with Crippen LogP contribution in [0.2, 0.25) is 5.02 Å². The second kappa shape index (κ2) is 8.65. The van der Waals surface area contributed by atoms with Gasteiger partial charge in [-0.3, -0.25) is 0 Å². The van der Waals surface area contributed by atoms with E-state index in [1.54, 1.807) is 0 Å². The summed E-state index contributed by atoms with van der Waals surface area (Å²) in [6.45, 7) is 1.49. The number of nitrogens with one attached hydrogen (secondary N) is 1. The van der Waals surface area contributed by atoms with E-state index in [1.807, 2.05) is 18.2 Å². The Bertz CT molecular complexity index is 927. The zero-order valence-electron chi connectivity index (χ0n) is 16.2. The molecule has 28 heavy (non-hydrogen) atoms. The van der Waals surface area contributed by atoms with Crippen LogP contribution in [0.15, 0.2) is 66.7 Å². The first-order valence-corrected chi connectivity index (χ1v) is 10.7. The van der Waals surface area contributed by atoms with E-state index in [4.69, 9.17) is 11.6 Å². The molecule has 1 fully saturated rings. The molecule has 1 aliphatic rings. The summed E-state index contributed by atoms with van der Waals surface area (Å²) in [7, 11) is 0. The van der Waals surface area contributed by atoms with Gasteiger partial charge in [0.05, 0.1) is 5.60 Å². The number of halogens is 1. The maximum Gasteiger partial charge on any atom is 0.0728 e. The number of aliphatic hydroxyl groups is 1. The fourth-order valence-corrected chi connectivity index (χ4v) is 4.88. The first kappa shape index (κ1) is 19.4. The van der Waals surface area contributed by atoms with Crippen molar-refractivity contribution in [3.63, 3.8) is 0 Å². The molecule has 3 aromatic rings. The molecule has 1 atom stereocenters. The van der Waals surface area contributed by atoms with Crippen LogP contribution in [0, 0.1) is 0 Å². The third-order valence-corrected chi connectivity index (χ3v) is 6.37. The molecule has 0 aliphatic heterocycles. The van der Waals surface area contributed by atoms with Crippen molar-refractivity contribution in [2.75, 3.05) is 6.54 Å². The van der Waals surface area contributed by atoms with Crippen LogP contribution in [-0.4, -0.2) is 17.3 Å². The maximum absolute atomic E-state index is 11.6. The summed E-state index contributed by atoms with van der Waals surface area (Å²) in [5.41, 5.74) is 1.77. The van der Waals surface area contributed by atoms with Crippen LogP contribution < -0.4 is 5.32 Å². The molecule has 0 saturated heterocycles. The molecule has 1 unspecified atom stereocenters. The van der Waals surface area contributed by atoms with Crippen LogP contribution in [0.4, 0.5) is 0 Å². The predicted molar refractivity (Wildman–Crippen MR) is 118 cm³/mol. The molecule has 0 radical (unpaired) electrons. The molecule has 0 bridgehead atoms. The van der Waals surface area contributed by atoms with Gasteiger partial charge in [0.15, 0.2) is 0 Å². The van der Waals surface area contributed by atoms with Gasteiger partial charge in [-0.1, -0.05) is 85.5 Å². The van der Waals surface area contributed by atoms with Gasteiger partial charge in [-0.25, -0.2) is 0 Å². The molecule has 3 heteroatoms. The minimum absolute atomic E-state index is 0.0677. The monoisotopic (exact) mass is 393 g/mol. The lowest BCUT2D eigenvalue weighted by molar-refractivity contribution is -0.0212. The molecule has 146 valence electrons. The van der Waals surface area contributed by atoms with Gasteiger partial charge in [0.2, 0.25) is 0 Å². The van der Waals surface area contributed by atoms with Crippen molar-refractivity contribution in [2.45, 2.75) is 50.2 Å². The molecule has 0 heterocycles.